The number of nitrogen functional groups attached to an aromatic ring is 1. The van der Waals surface area contributed by atoms with E-state index in [2.05, 4.69) is 15.3 Å². The van der Waals surface area contributed by atoms with Gasteiger partial charge in [-0.15, -0.1) is 11.3 Å². The van der Waals surface area contributed by atoms with Crippen molar-refractivity contribution in [3.63, 3.8) is 0 Å². The van der Waals surface area contributed by atoms with Crippen LogP contribution in [0.4, 0.5) is 11.4 Å². The molecule has 0 atom stereocenters. The van der Waals surface area contributed by atoms with Gasteiger partial charge in [-0.25, -0.2) is 4.98 Å². The molecule has 0 aliphatic heterocycles. The van der Waals surface area contributed by atoms with Crippen LogP contribution in [0.15, 0.2) is 35.2 Å². The first-order chi connectivity index (χ1) is 7.25. The number of rotatable bonds is 3. The van der Waals surface area contributed by atoms with E-state index < -0.39 is 0 Å². The van der Waals surface area contributed by atoms with Crippen molar-refractivity contribution in [1.82, 2.24) is 4.98 Å². The maximum Gasteiger partial charge on any atom is 0.0795 e. The van der Waals surface area contributed by atoms with E-state index in [-0.39, 0.29) is 0 Å². The molecule has 1 aromatic carbocycles. The van der Waals surface area contributed by atoms with Crippen molar-refractivity contribution in [2.24, 2.45) is 0 Å². The fraction of sp³-hybridized carbons (Fsp3) is 0.182. The van der Waals surface area contributed by atoms with E-state index >= 15 is 0 Å². The Morgan fingerprint density at radius 3 is 2.67 bits per heavy atom. The monoisotopic (exact) mass is 219 g/mol. The smallest absolute Gasteiger partial charge is 0.0795 e. The lowest BCUT2D eigenvalue weighted by atomic mass is 10.2. The fourth-order valence-corrected chi connectivity index (χ4v) is 1.93. The van der Waals surface area contributed by atoms with Crippen LogP contribution in [0, 0.1) is 0 Å². The molecule has 1 heterocycles. The van der Waals surface area contributed by atoms with Gasteiger partial charge >= 0.3 is 0 Å². The Kier molecular flexibility index (Phi) is 2.87. The molecule has 0 radical (unpaired) electrons. The Bertz CT molecular complexity index is 408. The third kappa shape index (κ3) is 2.47. The van der Waals surface area contributed by atoms with Crippen molar-refractivity contribution >= 4 is 22.7 Å². The second-order valence-corrected chi connectivity index (χ2v) is 4.15. The van der Waals surface area contributed by atoms with E-state index in [1.54, 1.807) is 11.3 Å². The molecule has 0 saturated carbocycles. The average molecular weight is 219 g/mol. The van der Waals surface area contributed by atoms with Gasteiger partial charge in [-0.1, -0.05) is 0 Å². The third-order valence-corrected chi connectivity index (χ3v) is 2.85. The van der Waals surface area contributed by atoms with E-state index in [0.717, 1.165) is 23.6 Å². The lowest BCUT2D eigenvalue weighted by Crippen LogP contribution is -2.16. The average Bonchev–Trinajstić information content (AvgIpc) is 2.71. The molecule has 0 saturated heterocycles. The van der Waals surface area contributed by atoms with Crippen LogP contribution >= 0.6 is 11.3 Å². The third-order valence-electron chi connectivity index (χ3n) is 2.22. The van der Waals surface area contributed by atoms with E-state index in [1.165, 1.54) is 0 Å². The summed E-state index contributed by atoms with van der Waals surface area (Å²) < 4.78 is 0. The molecule has 15 heavy (non-hydrogen) atoms. The van der Waals surface area contributed by atoms with Crippen LogP contribution in [0.3, 0.4) is 0 Å². The Labute approximate surface area is 93.2 Å². The number of thiazole rings is 1. The topological polar surface area (TPSA) is 42.2 Å². The Balaban J connectivity index is 2.08. The highest BCUT2D eigenvalue weighted by Gasteiger charge is 2.02. The highest BCUT2D eigenvalue weighted by atomic mass is 32.1. The number of nitrogens with zero attached hydrogens (tertiary/aromatic N) is 2. The molecule has 2 aromatic rings. The van der Waals surface area contributed by atoms with Crippen molar-refractivity contribution in [3.8, 4) is 0 Å². The summed E-state index contributed by atoms with van der Waals surface area (Å²) in [4.78, 5) is 6.40. The largest absolute Gasteiger partial charge is 0.399 e. The molecule has 0 spiro atoms. The van der Waals surface area contributed by atoms with E-state index in [0.29, 0.717) is 0 Å². The number of benzene rings is 1. The molecule has 0 amide bonds. The Morgan fingerprint density at radius 1 is 1.33 bits per heavy atom. The normalized spacial score (nSPS) is 10.2. The second-order valence-electron chi connectivity index (χ2n) is 3.43. The van der Waals surface area contributed by atoms with Crippen LogP contribution < -0.4 is 10.6 Å². The molecule has 2 rings (SSSR count). The van der Waals surface area contributed by atoms with Gasteiger partial charge in [0.25, 0.3) is 0 Å². The minimum absolute atomic E-state index is 0.792. The minimum atomic E-state index is 0.792. The molecule has 0 fully saturated rings. The molecule has 0 aliphatic rings. The van der Waals surface area contributed by atoms with E-state index in [4.69, 9.17) is 5.73 Å². The van der Waals surface area contributed by atoms with Crippen LogP contribution in [-0.4, -0.2) is 12.0 Å². The molecular formula is C11H13N3S. The highest BCUT2D eigenvalue weighted by Crippen LogP contribution is 2.16. The van der Waals surface area contributed by atoms with Gasteiger partial charge in [0.2, 0.25) is 0 Å². The molecular weight excluding hydrogens is 206 g/mol. The predicted molar refractivity (Wildman–Crippen MR) is 65.1 cm³/mol. The van der Waals surface area contributed by atoms with E-state index in [9.17, 15) is 0 Å². The summed E-state index contributed by atoms with van der Waals surface area (Å²) >= 11 is 1.62. The first-order valence-corrected chi connectivity index (χ1v) is 5.64. The summed E-state index contributed by atoms with van der Waals surface area (Å²) in [7, 11) is 2.05. The Hall–Kier alpha value is -1.55. The summed E-state index contributed by atoms with van der Waals surface area (Å²) in [5.74, 6) is 0. The molecule has 78 valence electrons. The number of nitrogens with two attached hydrogens (primary N) is 1. The zero-order valence-corrected chi connectivity index (χ0v) is 9.37. The van der Waals surface area contributed by atoms with Crippen LogP contribution in [-0.2, 0) is 6.54 Å². The zero-order valence-electron chi connectivity index (χ0n) is 8.55. The molecule has 3 nitrogen and oxygen atoms in total. The second kappa shape index (κ2) is 4.31. The number of anilines is 2. The number of aromatic nitrogens is 1. The summed E-state index contributed by atoms with van der Waals surface area (Å²) in [6.45, 7) is 0.827. The van der Waals surface area contributed by atoms with Gasteiger partial charge in [0, 0.05) is 23.8 Å². The van der Waals surface area contributed by atoms with E-state index in [1.807, 2.05) is 36.8 Å². The van der Waals surface area contributed by atoms with Gasteiger partial charge in [-0.2, -0.15) is 0 Å². The standard InChI is InChI=1S/C11H13N3S/c1-14(6-10-7-15-8-13-10)11-4-2-9(12)3-5-11/h2-5,7-8H,6,12H2,1H3. The van der Waals surface area contributed by atoms with Crippen LogP contribution in [0.1, 0.15) is 5.69 Å². The number of hydrogen-bond donors (Lipinski definition) is 1. The van der Waals surface area contributed by atoms with Crippen molar-refractivity contribution in [2.45, 2.75) is 6.54 Å². The van der Waals surface area contributed by atoms with Gasteiger partial charge in [0.05, 0.1) is 17.7 Å². The lowest BCUT2D eigenvalue weighted by Gasteiger charge is -2.17. The maximum atomic E-state index is 5.63. The quantitative estimate of drug-likeness (QED) is 0.806. The SMILES string of the molecule is CN(Cc1cscn1)c1ccc(N)cc1. The molecule has 2 N–H and O–H groups in total. The molecule has 1 aromatic heterocycles. The van der Waals surface area contributed by atoms with Crippen LogP contribution in [0.25, 0.3) is 0 Å². The summed E-state index contributed by atoms with van der Waals surface area (Å²) in [5.41, 5.74) is 10.5. The maximum absolute atomic E-state index is 5.63. The molecule has 0 unspecified atom stereocenters. The van der Waals surface area contributed by atoms with Crippen LogP contribution in [0.2, 0.25) is 0 Å². The zero-order chi connectivity index (χ0) is 10.7. The predicted octanol–water partition coefficient (Wildman–Crippen LogP) is 2.36. The summed E-state index contributed by atoms with van der Waals surface area (Å²) in [6.07, 6.45) is 0. The van der Waals surface area contributed by atoms with Gasteiger partial charge < -0.3 is 10.6 Å². The van der Waals surface area contributed by atoms with Crippen LogP contribution in [0.5, 0.6) is 0 Å². The molecule has 0 bridgehead atoms. The van der Waals surface area contributed by atoms with Crippen molar-refractivity contribution in [1.29, 1.82) is 0 Å². The van der Waals surface area contributed by atoms with Gasteiger partial charge in [-0.05, 0) is 24.3 Å². The first kappa shape index (κ1) is 9.98. The van der Waals surface area contributed by atoms with Crippen molar-refractivity contribution in [2.75, 3.05) is 17.7 Å². The Morgan fingerprint density at radius 2 is 2.07 bits per heavy atom. The summed E-state index contributed by atoms with van der Waals surface area (Å²) in [6, 6.07) is 7.85. The molecule has 4 heteroatoms. The highest BCUT2D eigenvalue weighted by molar-refractivity contribution is 7.07. The van der Waals surface area contributed by atoms with Gasteiger partial charge in [-0.3, -0.25) is 0 Å². The number of hydrogen-bond acceptors (Lipinski definition) is 4. The summed E-state index contributed by atoms with van der Waals surface area (Å²) in [5, 5.41) is 2.06. The van der Waals surface area contributed by atoms with Gasteiger partial charge in [0.1, 0.15) is 0 Å². The minimum Gasteiger partial charge on any atom is -0.399 e. The fourth-order valence-electron chi connectivity index (χ4n) is 1.38. The first-order valence-electron chi connectivity index (χ1n) is 4.69. The van der Waals surface area contributed by atoms with Crippen molar-refractivity contribution < 1.29 is 0 Å². The van der Waals surface area contributed by atoms with Gasteiger partial charge in [0.15, 0.2) is 0 Å². The molecule has 0 aliphatic carbocycles. The lowest BCUT2D eigenvalue weighted by molar-refractivity contribution is 0.895. The van der Waals surface area contributed by atoms with Crippen molar-refractivity contribution in [3.05, 3.63) is 40.8 Å².